The van der Waals surface area contributed by atoms with Gasteiger partial charge in [-0.05, 0) is 0 Å². The molecular formula is C14H8N2Se. The third-order valence-corrected chi connectivity index (χ3v) is 4.22. The van der Waals surface area contributed by atoms with Crippen molar-refractivity contribution in [2.75, 3.05) is 0 Å². The van der Waals surface area contributed by atoms with Gasteiger partial charge in [0.05, 0.1) is 0 Å². The molecule has 0 amide bonds. The molecule has 0 aliphatic carbocycles. The summed E-state index contributed by atoms with van der Waals surface area (Å²) in [6, 6.07) is 19.5. The van der Waals surface area contributed by atoms with E-state index in [0.29, 0.717) is 11.1 Å². The predicted octanol–water partition coefficient (Wildman–Crippen LogP) is 1.08. The molecule has 0 radical (unpaired) electrons. The van der Waals surface area contributed by atoms with E-state index in [1.54, 1.807) is 12.1 Å². The summed E-state index contributed by atoms with van der Waals surface area (Å²) < 4.78 is 2.29. The van der Waals surface area contributed by atoms with E-state index in [-0.39, 0.29) is 15.0 Å². The second kappa shape index (κ2) is 5.32. The molecule has 0 aromatic heterocycles. The van der Waals surface area contributed by atoms with Crippen molar-refractivity contribution in [3.8, 4) is 12.1 Å². The van der Waals surface area contributed by atoms with Gasteiger partial charge in [0.1, 0.15) is 0 Å². The maximum atomic E-state index is 8.82. The third kappa shape index (κ3) is 2.95. The Morgan fingerprint density at radius 2 is 1.24 bits per heavy atom. The second-order valence-corrected chi connectivity index (χ2v) is 5.79. The average molecular weight is 283 g/mol. The van der Waals surface area contributed by atoms with E-state index >= 15 is 0 Å². The van der Waals surface area contributed by atoms with Gasteiger partial charge in [-0.25, -0.2) is 0 Å². The van der Waals surface area contributed by atoms with Crippen LogP contribution in [-0.4, -0.2) is 15.0 Å². The number of nitriles is 2. The first-order valence-corrected chi connectivity index (χ1v) is 6.71. The van der Waals surface area contributed by atoms with Gasteiger partial charge in [-0.2, -0.15) is 0 Å². The molecule has 0 saturated heterocycles. The molecule has 0 bridgehead atoms. The minimum absolute atomic E-state index is 0.139. The molecule has 0 aliphatic heterocycles. The second-order valence-electron chi connectivity index (χ2n) is 3.38. The SMILES string of the molecule is N#Cc1cccc([Se]c2cccc(C#N)c2)c1. The van der Waals surface area contributed by atoms with Crippen LogP contribution in [0.25, 0.3) is 0 Å². The van der Waals surface area contributed by atoms with Crippen LogP contribution < -0.4 is 8.92 Å². The zero-order chi connectivity index (χ0) is 12.1. The van der Waals surface area contributed by atoms with Gasteiger partial charge in [0, 0.05) is 0 Å². The fourth-order valence-corrected chi connectivity index (χ4v) is 3.36. The molecule has 0 unspecified atom stereocenters. The molecule has 0 N–H and O–H groups in total. The standard InChI is InChI=1S/C14H8N2Se/c15-9-11-3-1-5-13(7-11)17-14-6-2-4-12(8-14)10-16/h1-8H. The van der Waals surface area contributed by atoms with Crippen LogP contribution in [0.1, 0.15) is 11.1 Å². The van der Waals surface area contributed by atoms with E-state index in [1.165, 1.54) is 0 Å². The summed E-state index contributed by atoms with van der Waals surface area (Å²) in [5.41, 5.74) is 1.36. The van der Waals surface area contributed by atoms with Gasteiger partial charge in [-0.1, -0.05) is 0 Å². The Balaban J connectivity index is 2.26. The zero-order valence-electron chi connectivity index (χ0n) is 8.92. The van der Waals surface area contributed by atoms with E-state index in [0.717, 1.165) is 8.92 Å². The van der Waals surface area contributed by atoms with Crippen LogP contribution >= 0.6 is 0 Å². The maximum absolute atomic E-state index is 8.82. The Labute approximate surface area is 106 Å². The Hall–Kier alpha value is -2.06. The van der Waals surface area contributed by atoms with Crippen LogP contribution in [0.4, 0.5) is 0 Å². The molecule has 0 heterocycles. The molecule has 0 spiro atoms. The van der Waals surface area contributed by atoms with Gasteiger partial charge in [0.2, 0.25) is 0 Å². The molecule has 2 aromatic carbocycles. The molecule has 2 aromatic rings. The van der Waals surface area contributed by atoms with Gasteiger partial charge >= 0.3 is 106 Å². The fraction of sp³-hybridized carbons (Fsp3) is 0. The van der Waals surface area contributed by atoms with Crippen molar-refractivity contribution < 1.29 is 0 Å². The van der Waals surface area contributed by atoms with Gasteiger partial charge in [-0.3, -0.25) is 0 Å². The van der Waals surface area contributed by atoms with Crippen molar-refractivity contribution in [1.29, 1.82) is 10.5 Å². The van der Waals surface area contributed by atoms with Crippen molar-refractivity contribution in [3.63, 3.8) is 0 Å². The fourth-order valence-electron chi connectivity index (χ4n) is 1.39. The number of nitrogens with zero attached hydrogens (tertiary/aromatic N) is 2. The summed E-state index contributed by atoms with van der Waals surface area (Å²) in [6.07, 6.45) is 0. The van der Waals surface area contributed by atoms with E-state index < -0.39 is 0 Å². The van der Waals surface area contributed by atoms with Crippen molar-refractivity contribution in [2.24, 2.45) is 0 Å². The van der Waals surface area contributed by atoms with Crippen molar-refractivity contribution >= 4 is 23.9 Å². The molecule has 0 aliphatic rings. The summed E-state index contributed by atoms with van der Waals surface area (Å²) in [4.78, 5) is 0. The number of hydrogen-bond donors (Lipinski definition) is 0. The Kier molecular flexibility index (Phi) is 3.58. The molecule has 17 heavy (non-hydrogen) atoms. The van der Waals surface area contributed by atoms with Crippen molar-refractivity contribution in [1.82, 2.24) is 0 Å². The quantitative estimate of drug-likeness (QED) is 0.774. The molecule has 80 valence electrons. The molecule has 2 rings (SSSR count). The Bertz CT molecular complexity index is 565. The topological polar surface area (TPSA) is 47.6 Å². The average Bonchev–Trinajstić information content (AvgIpc) is 2.39. The molecule has 0 fully saturated rings. The van der Waals surface area contributed by atoms with Gasteiger partial charge < -0.3 is 0 Å². The molecule has 3 heteroatoms. The van der Waals surface area contributed by atoms with E-state index in [2.05, 4.69) is 12.1 Å². The third-order valence-electron chi connectivity index (χ3n) is 2.16. The zero-order valence-corrected chi connectivity index (χ0v) is 10.6. The molecule has 0 saturated carbocycles. The van der Waals surface area contributed by atoms with Crippen LogP contribution in [0.5, 0.6) is 0 Å². The van der Waals surface area contributed by atoms with E-state index in [4.69, 9.17) is 10.5 Å². The number of rotatable bonds is 2. The summed E-state index contributed by atoms with van der Waals surface area (Å²) in [7, 11) is 0. The van der Waals surface area contributed by atoms with Crippen molar-refractivity contribution in [3.05, 3.63) is 59.7 Å². The minimum atomic E-state index is 0.139. The number of hydrogen-bond acceptors (Lipinski definition) is 2. The first kappa shape index (κ1) is 11.4. The normalized spacial score (nSPS) is 9.29. The van der Waals surface area contributed by atoms with Crippen LogP contribution in [0.3, 0.4) is 0 Å². The summed E-state index contributed by atoms with van der Waals surface area (Å²) >= 11 is 0.139. The molecular weight excluding hydrogens is 275 g/mol. The van der Waals surface area contributed by atoms with Crippen LogP contribution in [0.15, 0.2) is 48.5 Å². The molecule has 2 nitrogen and oxygen atoms in total. The monoisotopic (exact) mass is 284 g/mol. The summed E-state index contributed by atoms with van der Waals surface area (Å²) in [5.74, 6) is 0. The number of benzene rings is 2. The van der Waals surface area contributed by atoms with Crippen LogP contribution in [-0.2, 0) is 0 Å². The van der Waals surface area contributed by atoms with Crippen molar-refractivity contribution in [2.45, 2.75) is 0 Å². The molecule has 0 atom stereocenters. The predicted molar refractivity (Wildman–Crippen MR) is 67.3 cm³/mol. The van der Waals surface area contributed by atoms with E-state index in [9.17, 15) is 0 Å². The van der Waals surface area contributed by atoms with Crippen LogP contribution in [0.2, 0.25) is 0 Å². The Morgan fingerprint density at radius 1 is 0.765 bits per heavy atom. The van der Waals surface area contributed by atoms with Gasteiger partial charge in [0.15, 0.2) is 0 Å². The van der Waals surface area contributed by atoms with Gasteiger partial charge in [0.25, 0.3) is 0 Å². The first-order valence-electron chi connectivity index (χ1n) is 5.00. The summed E-state index contributed by atoms with van der Waals surface area (Å²) in [6.45, 7) is 0. The first-order chi connectivity index (χ1) is 8.31. The van der Waals surface area contributed by atoms with Gasteiger partial charge in [-0.15, -0.1) is 0 Å². The van der Waals surface area contributed by atoms with Crippen LogP contribution in [0, 0.1) is 22.7 Å². The summed E-state index contributed by atoms with van der Waals surface area (Å²) in [5, 5.41) is 17.6. The Morgan fingerprint density at radius 3 is 1.65 bits per heavy atom. The van der Waals surface area contributed by atoms with E-state index in [1.807, 2.05) is 36.4 Å².